The molecule has 3 atom stereocenters. The summed E-state index contributed by atoms with van der Waals surface area (Å²) in [5, 5.41) is 0. The average molecular weight is 452 g/mol. The summed E-state index contributed by atoms with van der Waals surface area (Å²) in [5.41, 5.74) is -0.993. The molecular formula is C22H29NO7S. The van der Waals surface area contributed by atoms with E-state index in [1.165, 1.54) is 23.4 Å². The molecule has 1 aliphatic heterocycles. The number of benzene rings is 1. The lowest BCUT2D eigenvalue weighted by Gasteiger charge is -2.35. The maximum absolute atomic E-state index is 13.8. The Bertz CT molecular complexity index is 954. The third-order valence-corrected chi connectivity index (χ3v) is 8.55. The minimum absolute atomic E-state index is 0.0570. The lowest BCUT2D eigenvalue weighted by molar-refractivity contribution is -0.174. The molecule has 1 aliphatic carbocycles. The number of ketones is 1. The van der Waals surface area contributed by atoms with Gasteiger partial charge < -0.3 is 9.47 Å². The second-order valence-corrected chi connectivity index (χ2v) is 10.2. The van der Waals surface area contributed by atoms with Crippen molar-refractivity contribution in [1.29, 1.82) is 0 Å². The number of rotatable bonds is 6. The third kappa shape index (κ3) is 3.67. The topological polar surface area (TPSA) is 107 Å². The molecule has 0 unspecified atom stereocenters. The number of nitrogens with zero attached hydrogens (tertiary/aromatic N) is 1. The van der Waals surface area contributed by atoms with Gasteiger partial charge in [0.1, 0.15) is 5.78 Å². The zero-order valence-electron chi connectivity index (χ0n) is 18.3. The Morgan fingerprint density at radius 1 is 1.03 bits per heavy atom. The van der Waals surface area contributed by atoms with Gasteiger partial charge in [-0.25, -0.2) is 8.42 Å². The molecule has 1 aromatic rings. The summed E-state index contributed by atoms with van der Waals surface area (Å²) >= 11 is 0. The fourth-order valence-electron chi connectivity index (χ4n) is 5.32. The van der Waals surface area contributed by atoms with Crippen LogP contribution in [-0.4, -0.2) is 56.7 Å². The van der Waals surface area contributed by atoms with Gasteiger partial charge in [-0.1, -0.05) is 30.5 Å². The van der Waals surface area contributed by atoms with Crippen LogP contribution in [0.25, 0.3) is 0 Å². The molecule has 2 aliphatic rings. The van der Waals surface area contributed by atoms with Crippen LogP contribution in [0.15, 0.2) is 29.2 Å². The van der Waals surface area contributed by atoms with E-state index in [-0.39, 0.29) is 17.1 Å². The number of carbonyl (C=O) groups is 3. The fraction of sp³-hybridized carbons (Fsp3) is 0.591. The summed E-state index contributed by atoms with van der Waals surface area (Å²) in [6.45, 7) is 3.17. The molecule has 0 amide bonds. The van der Waals surface area contributed by atoms with Gasteiger partial charge in [0, 0.05) is 18.4 Å². The first-order valence-corrected chi connectivity index (χ1v) is 11.8. The maximum Gasteiger partial charge on any atom is 0.325 e. The molecular weight excluding hydrogens is 422 g/mol. The number of carbonyl (C=O) groups excluding carboxylic acids is 3. The lowest BCUT2D eigenvalue weighted by Crippen LogP contribution is -2.55. The SMILES string of the molecule is COC(=O)C1(C(=O)OC)[C@H]2CCCC[C@@H]2N(S(=O)(=O)c2ccc(C)cc2)[C@@H]1CC(C)=O. The van der Waals surface area contributed by atoms with Crippen LogP contribution in [-0.2, 0) is 33.9 Å². The van der Waals surface area contributed by atoms with E-state index in [1.807, 2.05) is 6.92 Å². The molecule has 0 bridgehead atoms. The van der Waals surface area contributed by atoms with Gasteiger partial charge in [0.2, 0.25) is 10.0 Å². The Morgan fingerprint density at radius 3 is 2.10 bits per heavy atom. The molecule has 1 saturated carbocycles. The molecule has 31 heavy (non-hydrogen) atoms. The van der Waals surface area contributed by atoms with Crippen molar-refractivity contribution in [2.45, 2.75) is 62.9 Å². The minimum Gasteiger partial charge on any atom is -0.468 e. The van der Waals surface area contributed by atoms with E-state index < -0.39 is 45.4 Å². The monoisotopic (exact) mass is 451 g/mol. The molecule has 1 saturated heterocycles. The van der Waals surface area contributed by atoms with Crippen molar-refractivity contribution in [3.63, 3.8) is 0 Å². The van der Waals surface area contributed by atoms with Crippen LogP contribution < -0.4 is 0 Å². The zero-order chi connectivity index (χ0) is 23.0. The molecule has 0 N–H and O–H groups in total. The van der Waals surface area contributed by atoms with Crippen molar-refractivity contribution < 1.29 is 32.3 Å². The summed E-state index contributed by atoms with van der Waals surface area (Å²) in [7, 11) is -1.79. The predicted molar refractivity (Wildman–Crippen MR) is 112 cm³/mol. The highest BCUT2D eigenvalue weighted by molar-refractivity contribution is 7.89. The van der Waals surface area contributed by atoms with Crippen molar-refractivity contribution >= 4 is 27.7 Å². The lowest BCUT2D eigenvalue weighted by atomic mass is 9.66. The largest absolute Gasteiger partial charge is 0.468 e. The Kier molecular flexibility index (Phi) is 6.57. The normalized spacial score (nSPS) is 25.5. The summed E-state index contributed by atoms with van der Waals surface area (Å²) in [6, 6.07) is 4.56. The van der Waals surface area contributed by atoms with Crippen molar-refractivity contribution in [2.24, 2.45) is 11.3 Å². The highest BCUT2D eigenvalue weighted by Crippen LogP contribution is 2.55. The number of fused-ring (bicyclic) bond motifs is 1. The van der Waals surface area contributed by atoms with E-state index in [2.05, 4.69) is 0 Å². The number of Topliss-reactive ketones (excluding diaryl/α,β-unsaturated/α-hetero) is 1. The quantitative estimate of drug-likeness (QED) is 0.482. The van der Waals surface area contributed by atoms with E-state index in [1.54, 1.807) is 12.1 Å². The molecule has 9 heteroatoms. The fourth-order valence-corrected chi connectivity index (χ4v) is 7.23. The van der Waals surface area contributed by atoms with Gasteiger partial charge in [0.15, 0.2) is 5.41 Å². The average Bonchev–Trinajstić information content (AvgIpc) is 3.03. The first-order valence-electron chi connectivity index (χ1n) is 10.4. The minimum atomic E-state index is -4.11. The Labute approximate surface area is 182 Å². The second kappa shape index (κ2) is 8.70. The number of hydrogen-bond donors (Lipinski definition) is 0. The number of ether oxygens (including phenoxy) is 2. The van der Waals surface area contributed by atoms with Gasteiger partial charge in [0.25, 0.3) is 0 Å². The van der Waals surface area contributed by atoms with E-state index >= 15 is 0 Å². The first kappa shape index (κ1) is 23.4. The molecule has 0 aromatic heterocycles. The van der Waals surface area contributed by atoms with Gasteiger partial charge in [-0.3, -0.25) is 14.4 Å². The zero-order valence-corrected chi connectivity index (χ0v) is 19.1. The van der Waals surface area contributed by atoms with Crippen LogP contribution in [0.1, 0.15) is 44.6 Å². The summed E-state index contributed by atoms with van der Waals surface area (Å²) in [6.07, 6.45) is 2.15. The van der Waals surface area contributed by atoms with E-state index in [0.29, 0.717) is 12.8 Å². The Morgan fingerprint density at radius 2 is 1.58 bits per heavy atom. The van der Waals surface area contributed by atoms with Crippen LogP contribution >= 0.6 is 0 Å². The number of hydrogen-bond acceptors (Lipinski definition) is 7. The molecule has 170 valence electrons. The van der Waals surface area contributed by atoms with Crippen LogP contribution in [0.2, 0.25) is 0 Å². The molecule has 8 nitrogen and oxygen atoms in total. The number of aryl methyl sites for hydroxylation is 1. The number of sulfonamides is 1. The number of esters is 2. The summed E-state index contributed by atoms with van der Waals surface area (Å²) in [4.78, 5) is 38.7. The van der Waals surface area contributed by atoms with Crippen LogP contribution in [0.4, 0.5) is 0 Å². The molecule has 3 rings (SSSR count). The molecule has 1 heterocycles. The molecule has 1 aromatic carbocycles. The van der Waals surface area contributed by atoms with Gasteiger partial charge in [0.05, 0.1) is 25.2 Å². The van der Waals surface area contributed by atoms with Crippen molar-refractivity contribution in [2.75, 3.05) is 14.2 Å². The smallest absolute Gasteiger partial charge is 0.325 e. The second-order valence-electron chi connectivity index (χ2n) is 8.38. The van der Waals surface area contributed by atoms with E-state index in [9.17, 15) is 22.8 Å². The van der Waals surface area contributed by atoms with Crippen molar-refractivity contribution in [3.05, 3.63) is 29.8 Å². The Hall–Kier alpha value is -2.26. The van der Waals surface area contributed by atoms with Crippen molar-refractivity contribution in [3.8, 4) is 0 Å². The predicted octanol–water partition coefficient (Wildman–Crippen LogP) is 2.24. The highest BCUT2D eigenvalue weighted by Gasteiger charge is 2.71. The Balaban J connectivity index is 2.28. The van der Waals surface area contributed by atoms with Crippen LogP contribution in [0, 0.1) is 18.3 Å². The standard InChI is InChI=1S/C22H29NO7S/c1-14-9-11-16(12-10-14)31(27,28)23-18-8-6-5-7-17(18)22(20(25)29-3,21(26)30-4)19(23)13-15(2)24/h9-12,17-19H,5-8,13H2,1-4H3/t17-,18-,19+/m0/s1. The molecule has 0 spiro atoms. The van der Waals surface area contributed by atoms with Gasteiger partial charge in [-0.2, -0.15) is 4.31 Å². The van der Waals surface area contributed by atoms with E-state index in [0.717, 1.165) is 32.6 Å². The maximum atomic E-state index is 13.8. The third-order valence-electron chi connectivity index (χ3n) is 6.60. The van der Waals surface area contributed by atoms with Crippen LogP contribution in [0.5, 0.6) is 0 Å². The van der Waals surface area contributed by atoms with Gasteiger partial charge in [-0.05, 0) is 38.8 Å². The molecule has 2 fully saturated rings. The summed E-state index contributed by atoms with van der Waals surface area (Å²) in [5.74, 6) is -2.68. The number of methoxy groups -OCH3 is 2. The van der Waals surface area contributed by atoms with Gasteiger partial charge in [-0.15, -0.1) is 0 Å². The van der Waals surface area contributed by atoms with E-state index in [4.69, 9.17) is 9.47 Å². The first-order chi connectivity index (χ1) is 14.6. The van der Waals surface area contributed by atoms with Crippen LogP contribution in [0.3, 0.4) is 0 Å². The highest BCUT2D eigenvalue weighted by atomic mass is 32.2. The molecule has 0 radical (unpaired) electrons. The van der Waals surface area contributed by atoms with Gasteiger partial charge >= 0.3 is 11.9 Å². The van der Waals surface area contributed by atoms with Crippen molar-refractivity contribution in [1.82, 2.24) is 4.31 Å². The summed E-state index contributed by atoms with van der Waals surface area (Å²) < 4.78 is 38.9.